The van der Waals surface area contributed by atoms with E-state index < -0.39 is 5.82 Å². The van der Waals surface area contributed by atoms with Crippen molar-refractivity contribution >= 4 is 10.8 Å². The standard InChI is InChI=1S/C9H6FNO/c10-9-4-7(12)3-6-1-2-11-5-8(6)9/h1-5,12H. The third-order valence-electron chi connectivity index (χ3n) is 1.69. The first-order valence-corrected chi connectivity index (χ1v) is 3.49. The van der Waals surface area contributed by atoms with E-state index in [1.807, 2.05) is 0 Å². The SMILES string of the molecule is Oc1cc(F)c2cnccc2c1. The Bertz CT molecular complexity index is 428. The minimum absolute atomic E-state index is 0.0637. The van der Waals surface area contributed by atoms with Gasteiger partial charge in [-0.05, 0) is 17.5 Å². The molecule has 1 aromatic carbocycles. The zero-order valence-electron chi connectivity index (χ0n) is 6.16. The Hall–Kier alpha value is -1.64. The van der Waals surface area contributed by atoms with Crippen molar-refractivity contribution in [3.05, 3.63) is 36.4 Å². The second kappa shape index (κ2) is 2.44. The van der Waals surface area contributed by atoms with Crippen LogP contribution in [0.5, 0.6) is 5.75 Å². The number of phenols is 1. The van der Waals surface area contributed by atoms with Crippen LogP contribution >= 0.6 is 0 Å². The van der Waals surface area contributed by atoms with Crippen LogP contribution < -0.4 is 0 Å². The number of hydrogen-bond acceptors (Lipinski definition) is 2. The summed E-state index contributed by atoms with van der Waals surface area (Å²) in [6.07, 6.45) is 2.99. The molecule has 1 N–H and O–H groups in total. The van der Waals surface area contributed by atoms with Gasteiger partial charge in [0.2, 0.25) is 0 Å². The summed E-state index contributed by atoms with van der Waals surface area (Å²) < 4.78 is 13.0. The summed E-state index contributed by atoms with van der Waals surface area (Å²) in [7, 11) is 0. The Morgan fingerprint density at radius 3 is 3.00 bits per heavy atom. The van der Waals surface area contributed by atoms with Crippen LogP contribution in [0.25, 0.3) is 10.8 Å². The second-order valence-corrected chi connectivity index (χ2v) is 2.52. The third kappa shape index (κ3) is 0.993. The van der Waals surface area contributed by atoms with E-state index in [0.717, 1.165) is 6.07 Å². The lowest BCUT2D eigenvalue weighted by molar-refractivity contribution is 0.471. The van der Waals surface area contributed by atoms with Gasteiger partial charge in [0.05, 0.1) is 0 Å². The number of nitrogens with zero attached hydrogens (tertiary/aromatic N) is 1. The Labute approximate surface area is 68.3 Å². The van der Waals surface area contributed by atoms with E-state index in [1.54, 1.807) is 12.3 Å². The van der Waals surface area contributed by atoms with Gasteiger partial charge in [0.25, 0.3) is 0 Å². The molecule has 2 rings (SSSR count). The summed E-state index contributed by atoms with van der Waals surface area (Å²) in [5.74, 6) is -0.510. The quantitative estimate of drug-likeness (QED) is 0.645. The first-order chi connectivity index (χ1) is 5.77. The molecule has 0 bridgehead atoms. The number of halogens is 1. The number of phenolic OH excluding ortho intramolecular Hbond substituents is 1. The second-order valence-electron chi connectivity index (χ2n) is 2.52. The van der Waals surface area contributed by atoms with Gasteiger partial charge < -0.3 is 5.11 Å². The lowest BCUT2D eigenvalue weighted by atomic mass is 10.1. The van der Waals surface area contributed by atoms with Gasteiger partial charge in [-0.3, -0.25) is 4.98 Å². The molecule has 0 saturated heterocycles. The van der Waals surface area contributed by atoms with Crippen LogP contribution in [0.15, 0.2) is 30.6 Å². The van der Waals surface area contributed by atoms with Gasteiger partial charge in [0.1, 0.15) is 11.6 Å². The molecule has 0 fully saturated rings. The maximum absolute atomic E-state index is 13.0. The van der Waals surface area contributed by atoms with Gasteiger partial charge in [-0.25, -0.2) is 4.39 Å². The highest BCUT2D eigenvalue weighted by atomic mass is 19.1. The predicted octanol–water partition coefficient (Wildman–Crippen LogP) is 2.08. The lowest BCUT2D eigenvalue weighted by Crippen LogP contribution is -1.80. The van der Waals surface area contributed by atoms with Gasteiger partial charge >= 0.3 is 0 Å². The summed E-state index contributed by atoms with van der Waals surface area (Å²) in [4.78, 5) is 3.78. The Balaban J connectivity index is 2.89. The number of benzene rings is 1. The van der Waals surface area contributed by atoms with E-state index in [4.69, 9.17) is 5.11 Å². The first kappa shape index (κ1) is 7.03. The first-order valence-electron chi connectivity index (χ1n) is 3.49. The van der Waals surface area contributed by atoms with Crippen molar-refractivity contribution in [3.63, 3.8) is 0 Å². The van der Waals surface area contributed by atoms with Crippen LogP contribution in [-0.4, -0.2) is 10.1 Å². The van der Waals surface area contributed by atoms with E-state index in [-0.39, 0.29) is 5.75 Å². The van der Waals surface area contributed by atoms with Crippen molar-refractivity contribution in [1.82, 2.24) is 4.98 Å². The highest BCUT2D eigenvalue weighted by Gasteiger charge is 2.01. The molecule has 0 aliphatic heterocycles. The molecule has 0 aliphatic carbocycles. The largest absolute Gasteiger partial charge is 0.508 e. The zero-order valence-corrected chi connectivity index (χ0v) is 6.16. The van der Waals surface area contributed by atoms with Gasteiger partial charge in [-0.15, -0.1) is 0 Å². The van der Waals surface area contributed by atoms with Crippen molar-refractivity contribution in [2.45, 2.75) is 0 Å². The van der Waals surface area contributed by atoms with Crippen LogP contribution in [0, 0.1) is 5.82 Å². The molecule has 0 atom stereocenters. The highest BCUT2D eigenvalue weighted by Crippen LogP contribution is 2.21. The molecule has 12 heavy (non-hydrogen) atoms. The number of fused-ring (bicyclic) bond motifs is 1. The molecule has 1 heterocycles. The van der Waals surface area contributed by atoms with Crippen molar-refractivity contribution in [3.8, 4) is 5.75 Å². The molecule has 0 radical (unpaired) electrons. The molecular weight excluding hydrogens is 157 g/mol. The summed E-state index contributed by atoms with van der Waals surface area (Å²) in [6.45, 7) is 0. The van der Waals surface area contributed by atoms with Crippen LogP contribution in [0.1, 0.15) is 0 Å². The van der Waals surface area contributed by atoms with Gasteiger partial charge in [-0.1, -0.05) is 0 Å². The number of pyridine rings is 1. The fourth-order valence-corrected chi connectivity index (χ4v) is 1.14. The van der Waals surface area contributed by atoms with E-state index >= 15 is 0 Å². The predicted molar refractivity (Wildman–Crippen MR) is 43.4 cm³/mol. The molecule has 0 aliphatic rings. The minimum atomic E-state index is -0.446. The fourth-order valence-electron chi connectivity index (χ4n) is 1.14. The smallest absolute Gasteiger partial charge is 0.136 e. The number of hydrogen-bond donors (Lipinski definition) is 1. The van der Waals surface area contributed by atoms with Crippen molar-refractivity contribution in [2.24, 2.45) is 0 Å². The maximum Gasteiger partial charge on any atom is 0.136 e. The summed E-state index contributed by atoms with van der Waals surface area (Å²) >= 11 is 0. The zero-order chi connectivity index (χ0) is 8.55. The molecular formula is C9H6FNO. The van der Waals surface area contributed by atoms with Crippen LogP contribution in [0.2, 0.25) is 0 Å². The molecule has 60 valence electrons. The maximum atomic E-state index is 13.0. The molecule has 3 heteroatoms. The Morgan fingerprint density at radius 2 is 2.17 bits per heavy atom. The number of rotatable bonds is 0. The topological polar surface area (TPSA) is 33.1 Å². The molecule has 0 saturated carbocycles. The van der Waals surface area contributed by atoms with Crippen LogP contribution in [0.3, 0.4) is 0 Å². The fraction of sp³-hybridized carbons (Fsp3) is 0. The van der Waals surface area contributed by atoms with Gasteiger partial charge in [-0.2, -0.15) is 0 Å². The molecule has 0 amide bonds. The Morgan fingerprint density at radius 1 is 1.33 bits per heavy atom. The van der Waals surface area contributed by atoms with E-state index in [0.29, 0.717) is 10.8 Å². The van der Waals surface area contributed by atoms with Crippen molar-refractivity contribution < 1.29 is 9.50 Å². The monoisotopic (exact) mass is 163 g/mol. The number of aromatic nitrogens is 1. The summed E-state index contributed by atoms with van der Waals surface area (Å²) in [5, 5.41) is 10.1. The average molecular weight is 163 g/mol. The summed E-state index contributed by atoms with van der Waals surface area (Å²) in [6, 6.07) is 4.22. The van der Waals surface area contributed by atoms with E-state index in [2.05, 4.69) is 4.98 Å². The normalized spacial score (nSPS) is 10.4. The summed E-state index contributed by atoms with van der Waals surface area (Å²) in [5.41, 5.74) is 0. The molecule has 2 nitrogen and oxygen atoms in total. The molecule has 0 spiro atoms. The van der Waals surface area contributed by atoms with Crippen molar-refractivity contribution in [1.29, 1.82) is 0 Å². The van der Waals surface area contributed by atoms with Crippen LogP contribution in [-0.2, 0) is 0 Å². The third-order valence-corrected chi connectivity index (χ3v) is 1.69. The average Bonchev–Trinajstić information content (AvgIpc) is 2.04. The lowest BCUT2D eigenvalue weighted by Gasteiger charge is -1.98. The molecule has 0 unspecified atom stereocenters. The van der Waals surface area contributed by atoms with E-state index in [1.165, 1.54) is 12.3 Å². The van der Waals surface area contributed by atoms with Gasteiger partial charge in [0.15, 0.2) is 0 Å². The van der Waals surface area contributed by atoms with Gasteiger partial charge in [0, 0.05) is 23.8 Å². The Kier molecular flexibility index (Phi) is 1.43. The highest BCUT2D eigenvalue weighted by molar-refractivity contribution is 5.83. The van der Waals surface area contributed by atoms with Crippen molar-refractivity contribution in [2.75, 3.05) is 0 Å². The van der Waals surface area contributed by atoms with E-state index in [9.17, 15) is 4.39 Å². The molecule has 1 aromatic heterocycles. The minimum Gasteiger partial charge on any atom is -0.508 e. The van der Waals surface area contributed by atoms with Crippen LogP contribution in [0.4, 0.5) is 4.39 Å². The molecule has 2 aromatic rings. The number of aromatic hydroxyl groups is 1.